The average Bonchev–Trinajstić information content (AvgIpc) is 2.61. The van der Waals surface area contributed by atoms with Crippen molar-refractivity contribution in [1.82, 2.24) is 9.97 Å². The highest BCUT2D eigenvalue weighted by molar-refractivity contribution is 6.04. The number of hydrogen-bond donors (Lipinski definition) is 2. The van der Waals surface area contributed by atoms with E-state index in [-0.39, 0.29) is 17.4 Å². The van der Waals surface area contributed by atoms with Gasteiger partial charge in [0.15, 0.2) is 5.78 Å². The molecule has 0 unspecified atom stereocenters. The summed E-state index contributed by atoms with van der Waals surface area (Å²) in [4.78, 5) is 32.7. The molecule has 0 atom stereocenters. The second-order valence-corrected chi connectivity index (χ2v) is 6.30. The summed E-state index contributed by atoms with van der Waals surface area (Å²) in [7, 11) is 0. The van der Waals surface area contributed by atoms with Gasteiger partial charge in [0.05, 0.1) is 0 Å². The second kappa shape index (κ2) is 7.78. The van der Waals surface area contributed by atoms with Crippen LogP contribution in [-0.2, 0) is 0 Å². The molecule has 0 radical (unpaired) electrons. The SMILES string of the molecule is CC(=O)c1cccc(NC(=O)c2cc(C)nc(Nc3cccc(C)c3)n2)c1. The largest absolute Gasteiger partial charge is 0.324 e. The van der Waals surface area contributed by atoms with Gasteiger partial charge in [-0.1, -0.05) is 24.3 Å². The van der Waals surface area contributed by atoms with Crippen molar-refractivity contribution in [2.45, 2.75) is 20.8 Å². The van der Waals surface area contributed by atoms with E-state index in [1.807, 2.05) is 31.2 Å². The van der Waals surface area contributed by atoms with E-state index in [1.54, 1.807) is 37.3 Å². The summed E-state index contributed by atoms with van der Waals surface area (Å²) in [6, 6.07) is 16.2. The van der Waals surface area contributed by atoms with E-state index in [9.17, 15) is 9.59 Å². The van der Waals surface area contributed by atoms with Gasteiger partial charge in [-0.15, -0.1) is 0 Å². The fourth-order valence-corrected chi connectivity index (χ4v) is 2.60. The van der Waals surface area contributed by atoms with Gasteiger partial charge in [-0.2, -0.15) is 0 Å². The van der Waals surface area contributed by atoms with Crippen LogP contribution in [0, 0.1) is 13.8 Å². The maximum Gasteiger partial charge on any atom is 0.274 e. The van der Waals surface area contributed by atoms with Crippen LogP contribution in [0.15, 0.2) is 54.6 Å². The van der Waals surface area contributed by atoms with Gasteiger partial charge in [0.1, 0.15) is 5.69 Å². The molecule has 1 heterocycles. The van der Waals surface area contributed by atoms with Crippen molar-refractivity contribution in [1.29, 1.82) is 0 Å². The summed E-state index contributed by atoms with van der Waals surface area (Å²) in [5.74, 6) is -0.0784. The van der Waals surface area contributed by atoms with Gasteiger partial charge in [-0.3, -0.25) is 9.59 Å². The highest BCUT2D eigenvalue weighted by atomic mass is 16.2. The molecular weight excluding hydrogens is 340 g/mol. The van der Waals surface area contributed by atoms with Gasteiger partial charge >= 0.3 is 0 Å². The minimum atomic E-state index is -0.367. The zero-order valence-corrected chi connectivity index (χ0v) is 15.4. The van der Waals surface area contributed by atoms with Crippen molar-refractivity contribution in [3.63, 3.8) is 0 Å². The molecule has 1 amide bonds. The van der Waals surface area contributed by atoms with Crippen LogP contribution < -0.4 is 10.6 Å². The number of benzene rings is 2. The second-order valence-electron chi connectivity index (χ2n) is 6.30. The predicted molar refractivity (Wildman–Crippen MR) is 106 cm³/mol. The van der Waals surface area contributed by atoms with Gasteiger partial charge in [-0.05, 0) is 56.7 Å². The standard InChI is InChI=1S/C21H20N4O2/c1-13-6-4-8-17(10-13)24-21-22-14(2)11-19(25-21)20(27)23-18-9-5-7-16(12-18)15(3)26/h4-12H,1-3H3,(H,23,27)(H,22,24,25). The first-order valence-electron chi connectivity index (χ1n) is 8.52. The van der Waals surface area contributed by atoms with Crippen molar-refractivity contribution in [3.05, 3.63) is 77.1 Å². The molecule has 0 spiro atoms. The fourth-order valence-electron chi connectivity index (χ4n) is 2.60. The van der Waals surface area contributed by atoms with Crippen LogP contribution >= 0.6 is 0 Å². The van der Waals surface area contributed by atoms with Crippen molar-refractivity contribution in [2.24, 2.45) is 0 Å². The monoisotopic (exact) mass is 360 g/mol. The first kappa shape index (κ1) is 18.3. The number of Topliss-reactive ketones (excluding diaryl/α,β-unsaturated/α-hetero) is 1. The van der Waals surface area contributed by atoms with Crippen molar-refractivity contribution in [3.8, 4) is 0 Å². The van der Waals surface area contributed by atoms with Gasteiger partial charge in [0, 0.05) is 22.6 Å². The lowest BCUT2D eigenvalue weighted by Gasteiger charge is -2.10. The normalized spacial score (nSPS) is 10.3. The number of aromatic nitrogens is 2. The Hall–Kier alpha value is -3.54. The van der Waals surface area contributed by atoms with Crippen LogP contribution in [0.25, 0.3) is 0 Å². The molecule has 3 rings (SSSR count). The van der Waals surface area contributed by atoms with E-state index in [0.717, 1.165) is 11.3 Å². The summed E-state index contributed by atoms with van der Waals surface area (Å²) in [5.41, 5.74) is 3.94. The topological polar surface area (TPSA) is 84.0 Å². The number of anilines is 3. The van der Waals surface area contributed by atoms with Gasteiger partial charge < -0.3 is 10.6 Å². The maximum atomic E-state index is 12.6. The van der Waals surface area contributed by atoms with Crippen LogP contribution in [0.2, 0.25) is 0 Å². The molecule has 27 heavy (non-hydrogen) atoms. The number of nitrogens with zero attached hydrogens (tertiary/aromatic N) is 2. The van der Waals surface area contributed by atoms with Gasteiger partial charge in [0.2, 0.25) is 5.95 Å². The summed E-state index contributed by atoms with van der Waals surface area (Å²) >= 11 is 0. The first-order chi connectivity index (χ1) is 12.9. The Labute approximate surface area is 157 Å². The van der Waals surface area contributed by atoms with Gasteiger partial charge in [0.25, 0.3) is 5.91 Å². The molecule has 2 aromatic carbocycles. The Morgan fingerprint density at radius 1 is 0.889 bits per heavy atom. The molecule has 1 aromatic heterocycles. The summed E-state index contributed by atoms with van der Waals surface area (Å²) in [6.45, 7) is 5.28. The lowest BCUT2D eigenvalue weighted by Crippen LogP contribution is -2.15. The molecule has 2 N–H and O–H groups in total. The van der Waals surface area contributed by atoms with E-state index < -0.39 is 0 Å². The summed E-state index contributed by atoms with van der Waals surface area (Å²) < 4.78 is 0. The van der Waals surface area contributed by atoms with Crippen LogP contribution in [0.4, 0.5) is 17.3 Å². The Balaban J connectivity index is 1.82. The van der Waals surface area contributed by atoms with Crippen molar-refractivity contribution >= 4 is 29.0 Å². The number of nitrogens with one attached hydrogen (secondary N) is 2. The number of hydrogen-bond acceptors (Lipinski definition) is 5. The highest BCUT2D eigenvalue weighted by Crippen LogP contribution is 2.17. The van der Waals surface area contributed by atoms with E-state index in [1.165, 1.54) is 6.92 Å². The minimum Gasteiger partial charge on any atom is -0.324 e. The third-order valence-electron chi connectivity index (χ3n) is 3.89. The Kier molecular flexibility index (Phi) is 5.26. The van der Waals surface area contributed by atoms with Crippen molar-refractivity contribution < 1.29 is 9.59 Å². The average molecular weight is 360 g/mol. The molecular formula is C21H20N4O2. The zero-order valence-electron chi connectivity index (χ0n) is 15.4. The molecule has 136 valence electrons. The Morgan fingerprint density at radius 2 is 1.63 bits per heavy atom. The molecule has 0 saturated heterocycles. The molecule has 0 aliphatic heterocycles. The number of carbonyl (C=O) groups excluding carboxylic acids is 2. The van der Waals surface area contributed by atoms with Crippen LogP contribution in [0.1, 0.15) is 39.0 Å². The number of rotatable bonds is 5. The van der Waals surface area contributed by atoms with E-state index in [2.05, 4.69) is 20.6 Å². The zero-order chi connectivity index (χ0) is 19.4. The Morgan fingerprint density at radius 3 is 2.37 bits per heavy atom. The lowest BCUT2D eigenvalue weighted by molar-refractivity contribution is 0.100. The van der Waals surface area contributed by atoms with E-state index in [4.69, 9.17) is 0 Å². The van der Waals surface area contributed by atoms with Crippen LogP contribution in [0.5, 0.6) is 0 Å². The van der Waals surface area contributed by atoms with E-state index >= 15 is 0 Å². The van der Waals surface area contributed by atoms with E-state index in [0.29, 0.717) is 22.9 Å². The predicted octanol–water partition coefficient (Wildman–Crippen LogP) is 4.29. The van der Waals surface area contributed by atoms with Crippen LogP contribution in [0.3, 0.4) is 0 Å². The van der Waals surface area contributed by atoms with Crippen LogP contribution in [-0.4, -0.2) is 21.7 Å². The summed E-state index contributed by atoms with van der Waals surface area (Å²) in [5, 5.41) is 5.89. The molecule has 0 saturated carbocycles. The number of aryl methyl sites for hydroxylation is 2. The van der Waals surface area contributed by atoms with Crippen molar-refractivity contribution in [2.75, 3.05) is 10.6 Å². The Bertz CT molecular complexity index is 1010. The summed E-state index contributed by atoms with van der Waals surface area (Å²) in [6.07, 6.45) is 0. The smallest absolute Gasteiger partial charge is 0.274 e. The lowest BCUT2D eigenvalue weighted by atomic mass is 10.1. The molecule has 6 heteroatoms. The minimum absolute atomic E-state index is 0.0615. The molecule has 0 fully saturated rings. The third kappa shape index (κ3) is 4.76. The number of amides is 1. The molecule has 3 aromatic rings. The molecule has 6 nitrogen and oxygen atoms in total. The number of ketones is 1. The molecule has 0 aliphatic carbocycles. The number of carbonyl (C=O) groups is 2. The molecule has 0 aliphatic rings. The highest BCUT2D eigenvalue weighted by Gasteiger charge is 2.12. The third-order valence-corrected chi connectivity index (χ3v) is 3.89. The van der Waals surface area contributed by atoms with Gasteiger partial charge in [-0.25, -0.2) is 9.97 Å². The molecule has 0 bridgehead atoms. The maximum absolute atomic E-state index is 12.6. The quantitative estimate of drug-likeness (QED) is 0.663. The first-order valence-corrected chi connectivity index (χ1v) is 8.52. The fraction of sp³-hybridized carbons (Fsp3) is 0.143.